The molecule has 0 aliphatic heterocycles. The maximum atomic E-state index is 9.75. The number of hydrogen-bond donors (Lipinski definition) is 2. The van der Waals surface area contributed by atoms with Crippen molar-refractivity contribution >= 4 is 16.5 Å². The molecule has 0 aromatic heterocycles. The molecule has 1 aliphatic rings. The fraction of sp³-hybridized carbons (Fsp3) is 0.238. The second kappa shape index (κ2) is 5.33. The van der Waals surface area contributed by atoms with Crippen molar-refractivity contribution < 1.29 is 10.2 Å². The van der Waals surface area contributed by atoms with Crippen LogP contribution in [-0.4, -0.2) is 36.0 Å². The molecule has 3 aromatic rings. The van der Waals surface area contributed by atoms with Crippen LogP contribution in [0.15, 0.2) is 54.6 Å². The molecule has 0 spiro atoms. The van der Waals surface area contributed by atoms with Crippen LogP contribution in [0.3, 0.4) is 0 Å². The lowest BCUT2D eigenvalue weighted by molar-refractivity contribution is 0.130. The summed E-state index contributed by atoms with van der Waals surface area (Å²) >= 11 is 0. The Bertz CT molecular complexity index is 899. The number of aliphatic hydroxyl groups excluding tert-OH is 2. The number of anilines is 1. The number of likely N-dealkylation sites (N-methyl/N-ethyl adjacent to an activating group) is 1. The van der Waals surface area contributed by atoms with Gasteiger partial charge in [-0.3, -0.25) is 0 Å². The van der Waals surface area contributed by atoms with Crippen LogP contribution in [0.1, 0.15) is 6.92 Å². The average Bonchev–Trinajstić information content (AvgIpc) is 2.97. The van der Waals surface area contributed by atoms with E-state index in [1.54, 1.807) is 0 Å². The molecule has 122 valence electrons. The van der Waals surface area contributed by atoms with Crippen LogP contribution in [0, 0.1) is 0 Å². The average molecular weight is 319 g/mol. The Morgan fingerprint density at radius 2 is 1.38 bits per heavy atom. The quantitative estimate of drug-likeness (QED) is 0.603. The van der Waals surface area contributed by atoms with Gasteiger partial charge in [-0.25, -0.2) is 0 Å². The molecule has 0 bridgehead atoms. The van der Waals surface area contributed by atoms with Crippen molar-refractivity contribution in [1.29, 1.82) is 0 Å². The summed E-state index contributed by atoms with van der Waals surface area (Å²) in [5.74, 6) is 0. The number of benzene rings is 3. The van der Waals surface area contributed by atoms with E-state index in [2.05, 4.69) is 54.6 Å². The standard InChI is InChI=1S/C21H21NO2/c1-21(12-23,13-24)22(2)19-11-10-17-15-7-4-3-6-14(15)16-8-5-9-18(19)20(16)17/h3-11,23-24H,12-13H2,1-2H3. The summed E-state index contributed by atoms with van der Waals surface area (Å²) in [5.41, 5.74) is 5.36. The zero-order valence-corrected chi connectivity index (χ0v) is 14.0. The fourth-order valence-electron chi connectivity index (χ4n) is 3.64. The molecule has 1 aliphatic carbocycles. The van der Waals surface area contributed by atoms with E-state index in [9.17, 15) is 10.2 Å². The van der Waals surface area contributed by atoms with E-state index in [4.69, 9.17) is 0 Å². The summed E-state index contributed by atoms with van der Waals surface area (Å²) in [6, 6.07) is 19.1. The summed E-state index contributed by atoms with van der Waals surface area (Å²) in [4.78, 5) is 1.98. The lowest BCUT2D eigenvalue weighted by Crippen LogP contribution is -2.50. The molecule has 0 saturated carbocycles. The first-order valence-corrected chi connectivity index (χ1v) is 8.22. The van der Waals surface area contributed by atoms with Gasteiger partial charge < -0.3 is 15.1 Å². The Kier molecular flexibility index (Phi) is 3.37. The van der Waals surface area contributed by atoms with Crippen molar-refractivity contribution in [2.75, 3.05) is 25.2 Å². The van der Waals surface area contributed by atoms with Gasteiger partial charge in [0, 0.05) is 18.1 Å². The molecule has 4 rings (SSSR count). The zero-order valence-electron chi connectivity index (χ0n) is 14.0. The van der Waals surface area contributed by atoms with Crippen LogP contribution in [0.4, 0.5) is 5.69 Å². The summed E-state index contributed by atoms with van der Waals surface area (Å²) < 4.78 is 0. The third-order valence-corrected chi connectivity index (χ3v) is 5.38. The molecule has 3 nitrogen and oxygen atoms in total. The number of fused-ring (bicyclic) bond motifs is 3. The largest absolute Gasteiger partial charge is 0.394 e. The van der Waals surface area contributed by atoms with Crippen LogP contribution in [0.5, 0.6) is 0 Å². The smallest absolute Gasteiger partial charge is 0.0831 e. The van der Waals surface area contributed by atoms with Crippen LogP contribution < -0.4 is 4.90 Å². The Hall–Kier alpha value is -2.36. The van der Waals surface area contributed by atoms with E-state index in [1.807, 2.05) is 18.9 Å². The van der Waals surface area contributed by atoms with E-state index >= 15 is 0 Å². The van der Waals surface area contributed by atoms with Gasteiger partial charge >= 0.3 is 0 Å². The first-order chi connectivity index (χ1) is 11.6. The molecule has 3 heteroatoms. The molecule has 24 heavy (non-hydrogen) atoms. The normalized spacial score (nSPS) is 12.5. The number of rotatable bonds is 4. The van der Waals surface area contributed by atoms with Gasteiger partial charge in [0.1, 0.15) is 0 Å². The van der Waals surface area contributed by atoms with Crippen LogP contribution in [0.25, 0.3) is 33.0 Å². The van der Waals surface area contributed by atoms with Crippen molar-refractivity contribution in [1.82, 2.24) is 0 Å². The van der Waals surface area contributed by atoms with Gasteiger partial charge in [0.05, 0.1) is 18.8 Å². The molecular weight excluding hydrogens is 298 g/mol. The molecule has 0 fully saturated rings. The molecule has 0 saturated heterocycles. The predicted molar refractivity (Wildman–Crippen MR) is 99.4 cm³/mol. The van der Waals surface area contributed by atoms with E-state index in [1.165, 1.54) is 27.6 Å². The van der Waals surface area contributed by atoms with Crippen LogP contribution >= 0.6 is 0 Å². The second-order valence-corrected chi connectivity index (χ2v) is 6.78. The molecule has 2 N–H and O–H groups in total. The minimum Gasteiger partial charge on any atom is -0.394 e. The van der Waals surface area contributed by atoms with E-state index in [-0.39, 0.29) is 13.2 Å². The summed E-state index contributed by atoms with van der Waals surface area (Å²) in [6.07, 6.45) is 0. The molecule has 0 radical (unpaired) electrons. The Morgan fingerprint density at radius 1 is 0.792 bits per heavy atom. The molecule has 0 atom stereocenters. The number of nitrogens with zero attached hydrogens (tertiary/aromatic N) is 1. The van der Waals surface area contributed by atoms with Gasteiger partial charge in [-0.05, 0) is 40.6 Å². The molecular formula is C21H21NO2. The van der Waals surface area contributed by atoms with E-state index < -0.39 is 5.54 Å². The van der Waals surface area contributed by atoms with Gasteiger partial charge in [0.25, 0.3) is 0 Å². The highest BCUT2D eigenvalue weighted by Crippen LogP contribution is 2.49. The highest BCUT2D eigenvalue weighted by atomic mass is 16.3. The SMILES string of the molecule is CN(c1ccc2c3c(cccc13)-c1ccccc1-2)C(C)(CO)CO. The summed E-state index contributed by atoms with van der Waals surface area (Å²) in [6.45, 7) is 1.65. The molecule has 0 heterocycles. The lowest BCUT2D eigenvalue weighted by atomic mass is 9.97. The van der Waals surface area contributed by atoms with Gasteiger partial charge in [0.15, 0.2) is 0 Å². The minimum absolute atomic E-state index is 0.108. The van der Waals surface area contributed by atoms with Crippen molar-refractivity contribution in [3.63, 3.8) is 0 Å². The van der Waals surface area contributed by atoms with Gasteiger partial charge in [0.2, 0.25) is 0 Å². The highest BCUT2D eigenvalue weighted by Gasteiger charge is 2.30. The maximum absolute atomic E-state index is 9.75. The van der Waals surface area contributed by atoms with Crippen molar-refractivity contribution in [3.8, 4) is 22.3 Å². The Balaban J connectivity index is 1.99. The van der Waals surface area contributed by atoms with Crippen LogP contribution in [0.2, 0.25) is 0 Å². The van der Waals surface area contributed by atoms with Gasteiger partial charge in [-0.2, -0.15) is 0 Å². The van der Waals surface area contributed by atoms with Gasteiger partial charge in [-0.15, -0.1) is 0 Å². The highest BCUT2D eigenvalue weighted by molar-refractivity contribution is 6.18. The van der Waals surface area contributed by atoms with Crippen molar-refractivity contribution in [2.45, 2.75) is 12.5 Å². The monoisotopic (exact) mass is 319 g/mol. The number of aliphatic hydroxyl groups is 2. The minimum atomic E-state index is -0.703. The third kappa shape index (κ3) is 1.92. The maximum Gasteiger partial charge on any atom is 0.0831 e. The fourth-order valence-corrected chi connectivity index (χ4v) is 3.64. The zero-order chi connectivity index (χ0) is 16.9. The Morgan fingerprint density at radius 3 is 2.00 bits per heavy atom. The topological polar surface area (TPSA) is 43.7 Å². The first-order valence-electron chi connectivity index (χ1n) is 8.22. The predicted octanol–water partition coefficient (Wildman–Crippen LogP) is 3.67. The lowest BCUT2D eigenvalue weighted by Gasteiger charge is -2.38. The van der Waals surface area contributed by atoms with E-state index in [0.717, 1.165) is 11.1 Å². The van der Waals surface area contributed by atoms with Crippen molar-refractivity contribution in [3.05, 3.63) is 54.6 Å². The Labute approximate surface area is 141 Å². The van der Waals surface area contributed by atoms with Gasteiger partial charge in [-0.1, -0.05) is 48.5 Å². The summed E-state index contributed by atoms with van der Waals surface area (Å²) in [5, 5.41) is 21.9. The molecule has 0 unspecified atom stereocenters. The molecule has 0 amide bonds. The third-order valence-electron chi connectivity index (χ3n) is 5.38. The summed E-state index contributed by atoms with van der Waals surface area (Å²) in [7, 11) is 1.93. The first kappa shape index (κ1) is 15.2. The second-order valence-electron chi connectivity index (χ2n) is 6.78. The number of hydrogen-bond acceptors (Lipinski definition) is 3. The van der Waals surface area contributed by atoms with Crippen LogP contribution in [-0.2, 0) is 0 Å². The van der Waals surface area contributed by atoms with Crippen molar-refractivity contribution in [2.24, 2.45) is 0 Å². The molecule has 3 aromatic carbocycles. The van der Waals surface area contributed by atoms with E-state index in [0.29, 0.717) is 0 Å².